The van der Waals surface area contributed by atoms with Crippen LogP contribution in [0.3, 0.4) is 0 Å². The number of hydrogen-bond donors (Lipinski definition) is 2. The van der Waals surface area contributed by atoms with E-state index in [-0.39, 0.29) is 5.84 Å². The van der Waals surface area contributed by atoms with Gasteiger partial charge in [-0.25, -0.2) is 4.98 Å². The Kier molecular flexibility index (Phi) is 6.71. The number of amidine groups is 1. The molecule has 3 N–H and O–H groups in total. The van der Waals surface area contributed by atoms with Gasteiger partial charge in [-0.15, -0.1) is 0 Å². The zero-order chi connectivity index (χ0) is 14.1. The number of aryl methyl sites for hydroxylation is 1. The van der Waals surface area contributed by atoms with Gasteiger partial charge in [0.15, 0.2) is 5.84 Å². The molecule has 1 heterocycles. The Morgan fingerprint density at radius 1 is 1.32 bits per heavy atom. The number of ether oxygens (including phenoxy) is 1. The van der Waals surface area contributed by atoms with Crippen LogP contribution < -0.4 is 10.5 Å². The highest BCUT2D eigenvalue weighted by Gasteiger charge is 2.10. The van der Waals surface area contributed by atoms with E-state index in [0.717, 1.165) is 18.5 Å². The maximum atomic E-state index is 8.73. The minimum atomic E-state index is 0.0217. The van der Waals surface area contributed by atoms with Crippen LogP contribution in [-0.2, 0) is 0 Å². The van der Waals surface area contributed by atoms with E-state index in [2.05, 4.69) is 17.1 Å². The lowest BCUT2D eigenvalue weighted by atomic mass is 10.2. The zero-order valence-electron chi connectivity index (χ0n) is 11.7. The summed E-state index contributed by atoms with van der Waals surface area (Å²) in [6.07, 6.45) is 5.87. The maximum Gasteiger partial charge on any atom is 0.224 e. The molecular formula is C14H23N3O2. The summed E-state index contributed by atoms with van der Waals surface area (Å²) in [6, 6.07) is 3.56. The molecule has 0 aliphatic rings. The van der Waals surface area contributed by atoms with Crippen molar-refractivity contribution in [3.05, 3.63) is 23.4 Å². The summed E-state index contributed by atoms with van der Waals surface area (Å²) in [5.74, 6) is 0.458. The Labute approximate surface area is 114 Å². The van der Waals surface area contributed by atoms with Crippen molar-refractivity contribution in [2.24, 2.45) is 10.9 Å². The molecule has 5 nitrogen and oxygen atoms in total. The molecule has 0 aliphatic carbocycles. The van der Waals surface area contributed by atoms with E-state index in [1.807, 2.05) is 13.0 Å². The molecule has 0 saturated carbocycles. The van der Waals surface area contributed by atoms with Crippen molar-refractivity contribution in [2.75, 3.05) is 6.61 Å². The van der Waals surface area contributed by atoms with E-state index < -0.39 is 0 Å². The molecule has 5 heteroatoms. The predicted molar refractivity (Wildman–Crippen MR) is 75.7 cm³/mol. The van der Waals surface area contributed by atoms with E-state index in [9.17, 15) is 0 Å². The van der Waals surface area contributed by atoms with E-state index in [4.69, 9.17) is 15.7 Å². The predicted octanol–water partition coefficient (Wildman–Crippen LogP) is 2.83. The van der Waals surface area contributed by atoms with Crippen LogP contribution in [0.15, 0.2) is 17.3 Å². The van der Waals surface area contributed by atoms with Gasteiger partial charge in [-0.2, -0.15) is 0 Å². The molecule has 0 aliphatic heterocycles. The van der Waals surface area contributed by atoms with Gasteiger partial charge < -0.3 is 15.7 Å². The van der Waals surface area contributed by atoms with Crippen LogP contribution in [0.25, 0.3) is 0 Å². The monoisotopic (exact) mass is 265 g/mol. The molecule has 0 saturated heterocycles. The first-order chi connectivity index (χ1) is 9.19. The molecule has 19 heavy (non-hydrogen) atoms. The van der Waals surface area contributed by atoms with Gasteiger partial charge in [-0.05, 0) is 25.5 Å². The highest BCUT2D eigenvalue weighted by molar-refractivity contribution is 5.99. The lowest BCUT2D eigenvalue weighted by Crippen LogP contribution is -2.16. The molecule has 1 rings (SSSR count). The van der Waals surface area contributed by atoms with Crippen molar-refractivity contribution < 1.29 is 9.94 Å². The summed E-state index contributed by atoms with van der Waals surface area (Å²) in [5, 5.41) is 11.7. The number of pyridine rings is 1. The van der Waals surface area contributed by atoms with Crippen LogP contribution in [-0.4, -0.2) is 22.6 Å². The Hall–Kier alpha value is -1.78. The number of aromatic nitrogens is 1. The molecule has 0 bridgehead atoms. The van der Waals surface area contributed by atoms with Crippen LogP contribution >= 0.6 is 0 Å². The van der Waals surface area contributed by atoms with Crippen LogP contribution in [0, 0.1) is 6.92 Å². The molecule has 0 radical (unpaired) electrons. The van der Waals surface area contributed by atoms with E-state index >= 15 is 0 Å². The second kappa shape index (κ2) is 8.34. The van der Waals surface area contributed by atoms with Crippen molar-refractivity contribution in [2.45, 2.75) is 46.0 Å². The first-order valence-corrected chi connectivity index (χ1v) is 6.77. The van der Waals surface area contributed by atoms with Gasteiger partial charge in [-0.1, -0.05) is 37.8 Å². The number of nitrogens with zero attached hydrogens (tertiary/aromatic N) is 2. The van der Waals surface area contributed by atoms with Crippen molar-refractivity contribution >= 4 is 5.84 Å². The van der Waals surface area contributed by atoms with Crippen LogP contribution in [0.1, 0.15) is 50.3 Å². The summed E-state index contributed by atoms with van der Waals surface area (Å²) in [6.45, 7) is 4.67. The van der Waals surface area contributed by atoms with Gasteiger partial charge in [0.2, 0.25) is 5.88 Å². The molecule has 0 unspecified atom stereocenters. The fourth-order valence-electron chi connectivity index (χ4n) is 1.77. The molecule has 0 aromatic carbocycles. The number of hydrogen-bond acceptors (Lipinski definition) is 4. The lowest BCUT2D eigenvalue weighted by molar-refractivity contribution is 0.291. The highest BCUT2D eigenvalue weighted by Crippen LogP contribution is 2.16. The average molecular weight is 265 g/mol. The van der Waals surface area contributed by atoms with Crippen molar-refractivity contribution in [1.29, 1.82) is 0 Å². The molecule has 1 aromatic heterocycles. The molecule has 1 aromatic rings. The first-order valence-electron chi connectivity index (χ1n) is 6.77. The Balaban J connectivity index is 2.54. The normalized spacial score (nSPS) is 11.6. The first kappa shape index (κ1) is 15.3. The standard InChI is InChI=1S/C14H23N3O2/c1-3-4-5-6-7-10-19-14-12(13(15)17-18)9-8-11(2)16-14/h8-9,18H,3-7,10H2,1-2H3,(H2,15,17). The van der Waals surface area contributed by atoms with Gasteiger partial charge in [0, 0.05) is 5.69 Å². The number of oxime groups is 1. The third-order valence-electron chi connectivity index (χ3n) is 2.87. The largest absolute Gasteiger partial charge is 0.477 e. The fraction of sp³-hybridized carbons (Fsp3) is 0.571. The number of nitrogens with two attached hydrogens (primary N) is 1. The Morgan fingerprint density at radius 2 is 2.05 bits per heavy atom. The molecule has 0 atom stereocenters. The third-order valence-corrected chi connectivity index (χ3v) is 2.87. The minimum Gasteiger partial charge on any atom is -0.477 e. The van der Waals surface area contributed by atoms with Gasteiger partial charge in [0.1, 0.15) is 0 Å². The molecule has 0 spiro atoms. The third kappa shape index (κ3) is 5.16. The Bertz CT molecular complexity index is 419. The number of rotatable bonds is 8. The van der Waals surface area contributed by atoms with Crippen molar-refractivity contribution in [3.63, 3.8) is 0 Å². The van der Waals surface area contributed by atoms with Gasteiger partial charge >= 0.3 is 0 Å². The molecule has 0 fully saturated rings. The SMILES string of the molecule is CCCCCCCOc1nc(C)ccc1C(N)=NO. The fourth-order valence-corrected chi connectivity index (χ4v) is 1.77. The minimum absolute atomic E-state index is 0.0217. The van der Waals surface area contributed by atoms with E-state index in [1.54, 1.807) is 6.07 Å². The summed E-state index contributed by atoms with van der Waals surface area (Å²) in [7, 11) is 0. The van der Waals surface area contributed by atoms with Gasteiger partial charge in [0.25, 0.3) is 0 Å². The van der Waals surface area contributed by atoms with Crippen molar-refractivity contribution in [3.8, 4) is 5.88 Å². The molecule has 106 valence electrons. The van der Waals surface area contributed by atoms with Gasteiger partial charge in [0.05, 0.1) is 12.2 Å². The van der Waals surface area contributed by atoms with Crippen LogP contribution in [0.2, 0.25) is 0 Å². The number of unbranched alkanes of at least 4 members (excludes halogenated alkanes) is 4. The maximum absolute atomic E-state index is 8.73. The van der Waals surface area contributed by atoms with E-state index in [1.165, 1.54) is 19.3 Å². The highest BCUT2D eigenvalue weighted by atomic mass is 16.5. The van der Waals surface area contributed by atoms with Gasteiger partial charge in [-0.3, -0.25) is 0 Å². The quantitative estimate of drug-likeness (QED) is 0.249. The summed E-state index contributed by atoms with van der Waals surface area (Å²) in [4.78, 5) is 4.28. The van der Waals surface area contributed by atoms with E-state index in [0.29, 0.717) is 18.1 Å². The van der Waals surface area contributed by atoms with Crippen molar-refractivity contribution in [1.82, 2.24) is 4.98 Å². The lowest BCUT2D eigenvalue weighted by Gasteiger charge is -2.10. The average Bonchev–Trinajstić information content (AvgIpc) is 2.42. The smallest absolute Gasteiger partial charge is 0.224 e. The molecule has 0 amide bonds. The zero-order valence-corrected chi connectivity index (χ0v) is 11.7. The summed E-state index contributed by atoms with van der Waals surface area (Å²) in [5.41, 5.74) is 6.97. The second-order valence-electron chi connectivity index (χ2n) is 4.55. The second-order valence-corrected chi connectivity index (χ2v) is 4.55. The Morgan fingerprint density at radius 3 is 2.74 bits per heavy atom. The topological polar surface area (TPSA) is 80.7 Å². The summed E-state index contributed by atoms with van der Waals surface area (Å²) >= 11 is 0. The summed E-state index contributed by atoms with van der Waals surface area (Å²) < 4.78 is 5.64. The molecular weight excluding hydrogens is 242 g/mol. The van der Waals surface area contributed by atoms with Crippen LogP contribution in [0.4, 0.5) is 0 Å². The van der Waals surface area contributed by atoms with Crippen LogP contribution in [0.5, 0.6) is 5.88 Å².